The number of carbonyl (C=O) groups excluding carboxylic acids is 1. The van der Waals surface area contributed by atoms with Crippen molar-refractivity contribution in [2.24, 2.45) is 0 Å². The maximum absolute atomic E-state index is 11.9. The second kappa shape index (κ2) is 8.02. The zero-order valence-electron chi connectivity index (χ0n) is 13.8. The molecule has 0 unspecified atom stereocenters. The van der Waals surface area contributed by atoms with E-state index in [1.54, 1.807) is 0 Å². The van der Waals surface area contributed by atoms with Crippen molar-refractivity contribution in [3.8, 4) is 5.75 Å². The minimum Gasteiger partial charge on any atom is -0.494 e. The first-order valence-electron chi connectivity index (χ1n) is 7.72. The lowest BCUT2D eigenvalue weighted by Gasteiger charge is -2.09. The monoisotopic (exact) mass is 331 g/mol. The van der Waals surface area contributed by atoms with Crippen molar-refractivity contribution in [3.05, 3.63) is 58.1 Å². The molecule has 1 amide bonds. The Bertz CT molecular complexity index is 698. The van der Waals surface area contributed by atoms with Gasteiger partial charge in [0.05, 0.1) is 6.61 Å². The molecule has 0 radical (unpaired) electrons. The van der Waals surface area contributed by atoms with E-state index < -0.39 is 0 Å². The summed E-state index contributed by atoms with van der Waals surface area (Å²) in [5, 5.41) is 3.64. The fourth-order valence-electron chi connectivity index (χ4n) is 2.17. The van der Waals surface area contributed by atoms with Gasteiger partial charge in [0.25, 0.3) is 0 Å². The first-order valence-corrected chi connectivity index (χ1v) is 8.09. The Hall–Kier alpha value is -2.00. The van der Waals surface area contributed by atoms with Crippen molar-refractivity contribution in [1.29, 1.82) is 0 Å². The van der Waals surface area contributed by atoms with Gasteiger partial charge in [0.2, 0.25) is 5.91 Å². The van der Waals surface area contributed by atoms with Crippen LogP contribution in [0, 0.1) is 20.8 Å². The van der Waals surface area contributed by atoms with Gasteiger partial charge in [-0.15, -0.1) is 0 Å². The Labute approximate surface area is 142 Å². The molecule has 0 saturated heterocycles. The first kappa shape index (κ1) is 17.4. The summed E-state index contributed by atoms with van der Waals surface area (Å²) < 4.78 is 5.64. The van der Waals surface area contributed by atoms with E-state index in [1.807, 2.05) is 50.2 Å². The van der Waals surface area contributed by atoms with E-state index in [1.165, 1.54) is 11.1 Å². The van der Waals surface area contributed by atoms with Crippen LogP contribution in [0.5, 0.6) is 5.75 Å². The lowest BCUT2D eigenvalue weighted by molar-refractivity contribution is -0.116. The van der Waals surface area contributed by atoms with Crippen LogP contribution in [0.1, 0.15) is 29.5 Å². The van der Waals surface area contributed by atoms with Crippen molar-refractivity contribution in [2.45, 2.75) is 33.6 Å². The number of anilines is 1. The number of amides is 1. The number of nitrogens with one attached hydrogen (secondary N) is 1. The topological polar surface area (TPSA) is 38.3 Å². The molecule has 0 heterocycles. The Kier molecular flexibility index (Phi) is 6.05. The summed E-state index contributed by atoms with van der Waals surface area (Å²) >= 11 is 5.97. The number of aryl methyl sites for hydroxylation is 3. The molecule has 2 rings (SSSR count). The molecule has 2 aromatic carbocycles. The molecule has 0 aliphatic carbocycles. The normalized spacial score (nSPS) is 10.4. The van der Waals surface area contributed by atoms with Gasteiger partial charge in [-0.1, -0.05) is 17.7 Å². The average molecular weight is 332 g/mol. The molecule has 23 heavy (non-hydrogen) atoms. The molecule has 0 spiro atoms. The predicted octanol–water partition coefficient (Wildman–Crippen LogP) is 5.06. The van der Waals surface area contributed by atoms with Gasteiger partial charge >= 0.3 is 0 Å². The standard InChI is InChI=1S/C19H22ClNO2/c1-13-6-7-16(11-14(13)2)21-19(22)5-4-10-23-17-8-9-18(20)15(3)12-17/h6-9,11-12H,4-5,10H2,1-3H3,(H,21,22). The minimum absolute atomic E-state index is 0.00383. The molecule has 0 fully saturated rings. The maximum Gasteiger partial charge on any atom is 0.224 e. The van der Waals surface area contributed by atoms with Gasteiger partial charge in [0, 0.05) is 17.1 Å². The van der Waals surface area contributed by atoms with Crippen LogP contribution >= 0.6 is 11.6 Å². The highest BCUT2D eigenvalue weighted by Gasteiger charge is 2.04. The number of carbonyl (C=O) groups is 1. The Morgan fingerprint density at radius 1 is 1.04 bits per heavy atom. The van der Waals surface area contributed by atoms with E-state index in [0.29, 0.717) is 19.4 Å². The molecular formula is C19H22ClNO2. The molecule has 0 aromatic heterocycles. The van der Waals surface area contributed by atoms with Crippen molar-refractivity contribution in [3.63, 3.8) is 0 Å². The van der Waals surface area contributed by atoms with E-state index in [-0.39, 0.29) is 5.91 Å². The summed E-state index contributed by atoms with van der Waals surface area (Å²) in [6.45, 7) is 6.53. The summed E-state index contributed by atoms with van der Waals surface area (Å²) in [7, 11) is 0. The number of benzene rings is 2. The molecule has 0 atom stereocenters. The molecule has 0 aliphatic rings. The van der Waals surface area contributed by atoms with E-state index in [0.717, 1.165) is 22.0 Å². The van der Waals surface area contributed by atoms with Crippen molar-refractivity contribution >= 4 is 23.2 Å². The van der Waals surface area contributed by atoms with Gasteiger partial charge in [-0.25, -0.2) is 0 Å². The predicted molar refractivity (Wildman–Crippen MR) is 95.5 cm³/mol. The quantitative estimate of drug-likeness (QED) is 0.751. The SMILES string of the molecule is Cc1ccc(NC(=O)CCCOc2ccc(Cl)c(C)c2)cc1C. The molecule has 122 valence electrons. The minimum atomic E-state index is 0.00383. The van der Waals surface area contributed by atoms with E-state index in [2.05, 4.69) is 12.2 Å². The van der Waals surface area contributed by atoms with Crippen LogP contribution in [0.4, 0.5) is 5.69 Å². The summed E-state index contributed by atoms with van der Waals surface area (Å²) in [6, 6.07) is 11.5. The van der Waals surface area contributed by atoms with Crippen molar-refractivity contribution in [2.75, 3.05) is 11.9 Å². The summed E-state index contributed by atoms with van der Waals surface area (Å²) in [4.78, 5) is 11.9. The molecule has 0 saturated carbocycles. The zero-order valence-corrected chi connectivity index (χ0v) is 14.5. The molecular weight excluding hydrogens is 310 g/mol. The number of rotatable bonds is 6. The van der Waals surface area contributed by atoms with Crippen LogP contribution < -0.4 is 10.1 Å². The summed E-state index contributed by atoms with van der Waals surface area (Å²) in [5.74, 6) is 0.783. The lowest BCUT2D eigenvalue weighted by Crippen LogP contribution is -2.13. The highest BCUT2D eigenvalue weighted by atomic mass is 35.5. The highest BCUT2D eigenvalue weighted by molar-refractivity contribution is 6.31. The van der Waals surface area contributed by atoms with Gasteiger partial charge in [-0.2, -0.15) is 0 Å². The van der Waals surface area contributed by atoms with Crippen LogP contribution in [0.2, 0.25) is 5.02 Å². The van der Waals surface area contributed by atoms with Crippen LogP contribution in [0.15, 0.2) is 36.4 Å². The molecule has 0 aliphatic heterocycles. The largest absolute Gasteiger partial charge is 0.494 e. The maximum atomic E-state index is 11.9. The third-order valence-electron chi connectivity index (χ3n) is 3.74. The van der Waals surface area contributed by atoms with E-state index in [9.17, 15) is 4.79 Å². The second-order valence-electron chi connectivity index (χ2n) is 5.71. The summed E-state index contributed by atoms with van der Waals surface area (Å²) in [5.41, 5.74) is 4.21. The smallest absolute Gasteiger partial charge is 0.224 e. The molecule has 3 nitrogen and oxygen atoms in total. The number of hydrogen-bond acceptors (Lipinski definition) is 2. The van der Waals surface area contributed by atoms with Gasteiger partial charge in [0.1, 0.15) is 5.75 Å². The number of halogens is 1. The Balaban J connectivity index is 1.74. The molecule has 1 N–H and O–H groups in total. The molecule has 0 bridgehead atoms. The Morgan fingerprint density at radius 3 is 2.52 bits per heavy atom. The van der Waals surface area contributed by atoms with Crippen molar-refractivity contribution < 1.29 is 9.53 Å². The van der Waals surface area contributed by atoms with Gasteiger partial charge < -0.3 is 10.1 Å². The van der Waals surface area contributed by atoms with Crippen LogP contribution in [-0.4, -0.2) is 12.5 Å². The van der Waals surface area contributed by atoms with E-state index >= 15 is 0 Å². The number of hydrogen-bond donors (Lipinski definition) is 1. The van der Waals surface area contributed by atoms with Crippen LogP contribution in [0.25, 0.3) is 0 Å². The van der Waals surface area contributed by atoms with Gasteiger partial charge in [-0.05, 0) is 74.2 Å². The Morgan fingerprint density at radius 2 is 1.83 bits per heavy atom. The zero-order chi connectivity index (χ0) is 16.8. The number of ether oxygens (including phenoxy) is 1. The molecule has 4 heteroatoms. The van der Waals surface area contributed by atoms with Gasteiger partial charge in [0.15, 0.2) is 0 Å². The third kappa shape index (κ3) is 5.29. The fraction of sp³-hybridized carbons (Fsp3) is 0.316. The van der Waals surface area contributed by atoms with Crippen molar-refractivity contribution in [1.82, 2.24) is 0 Å². The average Bonchev–Trinajstić information content (AvgIpc) is 2.51. The summed E-state index contributed by atoms with van der Waals surface area (Å²) in [6.07, 6.45) is 1.10. The first-order chi connectivity index (χ1) is 11.0. The lowest BCUT2D eigenvalue weighted by atomic mass is 10.1. The molecule has 2 aromatic rings. The fourth-order valence-corrected chi connectivity index (χ4v) is 2.29. The van der Waals surface area contributed by atoms with Crippen LogP contribution in [-0.2, 0) is 4.79 Å². The highest BCUT2D eigenvalue weighted by Crippen LogP contribution is 2.21. The third-order valence-corrected chi connectivity index (χ3v) is 4.16. The van der Waals surface area contributed by atoms with E-state index in [4.69, 9.17) is 16.3 Å². The van der Waals surface area contributed by atoms with Crippen LogP contribution in [0.3, 0.4) is 0 Å². The second-order valence-corrected chi connectivity index (χ2v) is 6.12. The van der Waals surface area contributed by atoms with Gasteiger partial charge in [-0.3, -0.25) is 4.79 Å².